The van der Waals surface area contributed by atoms with E-state index < -0.39 is 0 Å². The summed E-state index contributed by atoms with van der Waals surface area (Å²) in [5.74, 6) is 0. The van der Waals surface area contributed by atoms with Gasteiger partial charge in [-0.2, -0.15) is 0 Å². The number of ether oxygens (including phenoxy) is 1. The van der Waals surface area contributed by atoms with E-state index in [2.05, 4.69) is 10.3 Å². The smallest absolute Gasteiger partial charge is 0.274 e. The lowest BCUT2D eigenvalue weighted by molar-refractivity contribution is 0.162. The fourth-order valence-electron chi connectivity index (χ4n) is 2.00. The van der Waals surface area contributed by atoms with Crippen LogP contribution in [0.5, 0.6) is 5.19 Å². The molecule has 2 aromatic rings. The first-order valence-corrected chi connectivity index (χ1v) is 6.95. The fourth-order valence-corrected chi connectivity index (χ4v) is 3.18. The molecule has 0 radical (unpaired) electrons. The maximum atomic E-state index is 6.09. The van der Waals surface area contributed by atoms with Crippen LogP contribution in [0.15, 0.2) is 18.2 Å². The van der Waals surface area contributed by atoms with Crippen LogP contribution in [0.3, 0.4) is 0 Å². The molecule has 1 aliphatic rings. The van der Waals surface area contributed by atoms with E-state index in [0.29, 0.717) is 5.02 Å². The van der Waals surface area contributed by atoms with Crippen LogP contribution < -0.4 is 10.1 Å². The molecular weight excluding hydrogens is 291 g/mol. The van der Waals surface area contributed by atoms with Gasteiger partial charge in [0.25, 0.3) is 5.19 Å². The van der Waals surface area contributed by atoms with Gasteiger partial charge in [0.15, 0.2) is 0 Å². The van der Waals surface area contributed by atoms with Crippen molar-refractivity contribution in [3.8, 4) is 5.19 Å². The van der Waals surface area contributed by atoms with Crippen LogP contribution >= 0.6 is 35.3 Å². The van der Waals surface area contributed by atoms with Gasteiger partial charge in [-0.15, -0.1) is 12.4 Å². The number of piperidine rings is 1. The van der Waals surface area contributed by atoms with Crippen molar-refractivity contribution in [2.45, 2.75) is 18.9 Å². The molecule has 6 heteroatoms. The van der Waals surface area contributed by atoms with Crippen molar-refractivity contribution in [3.05, 3.63) is 23.2 Å². The molecule has 1 N–H and O–H groups in total. The molecule has 0 aliphatic carbocycles. The predicted octanol–water partition coefficient (Wildman–Crippen LogP) is 3.50. The third-order valence-electron chi connectivity index (χ3n) is 2.90. The Kier molecular flexibility index (Phi) is 4.67. The standard InChI is InChI=1S/C12H13ClN2OS.ClH/c13-9-2-1-3-10-11(9)15-12(17-10)16-8-4-6-14-7-5-8;/h1-3,8,14H,4-7H2;1H. The minimum absolute atomic E-state index is 0. The van der Waals surface area contributed by atoms with E-state index in [-0.39, 0.29) is 18.5 Å². The molecule has 98 valence electrons. The Morgan fingerprint density at radius 3 is 2.83 bits per heavy atom. The quantitative estimate of drug-likeness (QED) is 0.922. The minimum Gasteiger partial charge on any atom is -0.467 e. The number of nitrogens with zero attached hydrogens (tertiary/aromatic N) is 1. The average molecular weight is 305 g/mol. The van der Waals surface area contributed by atoms with Gasteiger partial charge in [-0.05, 0) is 38.1 Å². The van der Waals surface area contributed by atoms with Gasteiger partial charge in [0.05, 0.1) is 9.72 Å². The summed E-state index contributed by atoms with van der Waals surface area (Å²) < 4.78 is 6.99. The summed E-state index contributed by atoms with van der Waals surface area (Å²) in [6, 6.07) is 5.82. The van der Waals surface area contributed by atoms with E-state index >= 15 is 0 Å². The molecule has 0 spiro atoms. The summed E-state index contributed by atoms with van der Waals surface area (Å²) in [6.07, 6.45) is 2.38. The van der Waals surface area contributed by atoms with E-state index in [4.69, 9.17) is 16.3 Å². The van der Waals surface area contributed by atoms with Crippen molar-refractivity contribution in [2.24, 2.45) is 0 Å². The SMILES string of the molecule is Cl.Clc1cccc2sc(OC3CCNCC3)nc12. The Labute approximate surface area is 121 Å². The molecule has 1 aliphatic heterocycles. The van der Waals surface area contributed by atoms with Crippen molar-refractivity contribution >= 4 is 45.6 Å². The van der Waals surface area contributed by atoms with E-state index in [1.165, 1.54) is 0 Å². The molecule has 0 saturated carbocycles. The Morgan fingerprint density at radius 1 is 1.33 bits per heavy atom. The van der Waals surface area contributed by atoms with Crippen LogP contribution in [-0.4, -0.2) is 24.2 Å². The predicted molar refractivity (Wildman–Crippen MR) is 78.4 cm³/mol. The van der Waals surface area contributed by atoms with Gasteiger partial charge >= 0.3 is 0 Å². The zero-order chi connectivity index (χ0) is 11.7. The minimum atomic E-state index is 0. The van der Waals surface area contributed by atoms with E-state index in [0.717, 1.165) is 41.3 Å². The molecule has 1 aromatic carbocycles. The molecule has 2 heterocycles. The number of hydrogen-bond acceptors (Lipinski definition) is 4. The zero-order valence-electron chi connectivity index (χ0n) is 9.69. The van der Waals surface area contributed by atoms with Crippen molar-refractivity contribution in [3.63, 3.8) is 0 Å². The molecule has 0 unspecified atom stereocenters. The van der Waals surface area contributed by atoms with Gasteiger partial charge in [0, 0.05) is 0 Å². The number of hydrogen-bond donors (Lipinski definition) is 1. The first-order chi connectivity index (χ1) is 8.33. The van der Waals surface area contributed by atoms with Crippen LogP contribution in [0.25, 0.3) is 10.2 Å². The summed E-state index contributed by atoms with van der Waals surface area (Å²) in [4.78, 5) is 4.45. The third-order valence-corrected chi connectivity index (χ3v) is 4.12. The highest BCUT2D eigenvalue weighted by molar-refractivity contribution is 7.20. The van der Waals surface area contributed by atoms with Crippen LogP contribution in [0, 0.1) is 0 Å². The molecule has 18 heavy (non-hydrogen) atoms. The number of para-hydroxylation sites is 1. The normalized spacial score (nSPS) is 16.5. The number of nitrogens with one attached hydrogen (secondary N) is 1. The highest BCUT2D eigenvalue weighted by Crippen LogP contribution is 2.33. The topological polar surface area (TPSA) is 34.1 Å². The van der Waals surface area contributed by atoms with Crippen molar-refractivity contribution in [1.29, 1.82) is 0 Å². The van der Waals surface area contributed by atoms with Gasteiger partial charge in [-0.1, -0.05) is 29.0 Å². The molecule has 1 aromatic heterocycles. The molecule has 0 bridgehead atoms. The lowest BCUT2D eigenvalue weighted by Crippen LogP contribution is -2.34. The number of fused-ring (bicyclic) bond motifs is 1. The average Bonchev–Trinajstić information content (AvgIpc) is 2.74. The van der Waals surface area contributed by atoms with Gasteiger partial charge < -0.3 is 10.1 Å². The molecule has 0 amide bonds. The van der Waals surface area contributed by atoms with Gasteiger partial charge in [-0.25, -0.2) is 4.98 Å². The van der Waals surface area contributed by atoms with Gasteiger partial charge in [0.2, 0.25) is 0 Å². The Bertz CT molecular complexity index is 526. The van der Waals surface area contributed by atoms with Crippen LogP contribution in [0.1, 0.15) is 12.8 Å². The monoisotopic (exact) mass is 304 g/mol. The maximum absolute atomic E-state index is 6.09. The van der Waals surface area contributed by atoms with Crippen molar-refractivity contribution in [1.82, 2.24) is 10.3 Å². The largest absolute Gasteiger partial charge is 0.467 e. The molecule has 0 atom stereocenters. The summed E-state index contributed by atoms with van der Waals surface area (Å²) in [7, 11) is 0. The Morgan fingerprint density at radius 2 is 2.11 bits per heavy atom. The number of aromatic nitrogens is 1. The molecular formula is C12H14Cl2N2OS. The molecule has 1 saturated heterocycles. The maximum Gasteiger partial charge on any atom is 0.274 e. The summed E-state index contributed by atoms with van der Waals surface area (Å²) in [5, 5.41) is 4.75. The molecule has 3 nitrogen and oxygen atoms in total. The summed E-state index contributed by atoms with van der Waals surface area (Å²) in [5.41, 5.74) is 0.850. The summed E-state index contributed by atoms with van der Waals surface area (Å²) in [6.45, 7) is 2.05. The van der Waals surface area contributed by atoms with Crippen LogP contribution in [0.4, 0.5) is 0 Å². The second kappa shape index (κ2) is 6.06. The second-order valence-corrected chi connectivity index (χ2v) is 5.53. The number of halogens is 2. The lowest BCUT2D eigenvalue weighted by Gasteiger charge is -2.22. The van der Waals surface area contributed by atoms with E-state index in [1.54, 1.807) is 11.3 Å². The summed E-state index contributed by atoms with van der Waals surface area (Å²) >= 11 is 7.66. The number of thiazole rings is 1. The van der Waals surface area contributed by atoms with Gasteiger partial charge in [0.1, 0.15) is 11.6 Å². The van der Waals surface area contributed by atoms with Crippen molar-refractivity contribution in [2.75, 3.05) is 13.1 Å². The van der Waals surface area contributed by atoms with Crippen LogP contribution in [0.2, 0.25) is 5.02 Å². The number of benzene rings is 1. The number of rotatable bonds is 2. The van der Waals surface area contributed by atoms with Crippen molar-refractivity contribution < 1.29 is 4.74 Å². The van der Waals surface area contributed by atoms with Crippen LogP contribution in [-0.2, 0) is 0 Å². The van der Waals surface area contributed by atoms with E-state index in [1.807, 2.05) is 18.2 Å². The van der Waals surface area contributed by atoms with Gasteiger partial charge in [-0.3, -0.25) is 0 Å². The van der Waals surface area contributed by atoms with E-state index in [9.17, 15) is 0 Å². The first kappa shape index (κ1) is 13.9. The highest BCUT2D eigenvalue weighted by Gasteiger charge is 2.16. The Hall–Kier alpha value is -0.550. The fraction of sp³-hybridized carbons (Fsp3) is 0.417. The Balaban J connectivity index is 0.00000120. The molecule has 1 fully saturated rings. The lowest BCUT2D eigenvalue weighted by atomic mass is 10.1. The zero-order valence-corrected chi connectivity index (χ0v) is 12.1. The third kappa shape index (κ3) is 2.88. The molecule has 3 rings (SSSR count). The highest BCUT2D eigenvalue weighted by atomic mass is 35.5. The second-order valence-electron chi connectivity index (χ2n) is 4.13. The first-order valence-electron chi connectivity index (χ1n) is 5.75.